The number of carbonyl (C=O) groups excluding carboxylic acids is 10. The van der Waals surface area contributed by atoms with Gasteiger partial charge in [-0.25, -0.2) is 4.79 Å². The number of nitrogens with one attached hydrogen (secondary N) is 13. The molecule has 29 nitrogen and oxygen atoms in total. The molecule has 89 heavy (non-hydrogen) atoms. The zero-order chi connectivity index (χ0) is 65.7. The van der Waals surface area contributed by atoms with Crippen molar-refractivity contribution in [3.63, 3.8) is 0 Å². The summed E-state index contributed by atoms with van der Waals surface area (Å²) in [6, 6.07) is 1.96. The number of para-hydroxylation sites is 1. The molecule has 0 radical (unpaired) electrons. The molecule has 20 N–H and O–H groups in total. The Bertz CT molecular complexity index is 2950. The van der Waals surface area contributed by atoms with Gasteiger partial charge in [0.05, 0.1) is 12.0 Å². The minimum absolute atomic E-state index is 0.00687. The number of fused-ring (bicyclic) bond motifs is 1. The summed E-state index contributed by atoms with van der Waals surface area (Å²) >= 11 is 0. The number of aromatic amines is 1. The Kier molecular flexibility index (Phi) is 29.8. The van der Waals surface area contributed by atoms with E-state index in [-0.39, 0.29) is 62.3 Å². The number of guanidine groups is 1. The fourth-order valence-electron chi connectivity index (χ4n) is 10.2. The van der Waals surface area contributed by atoms with Crippen molar-refractivity contribution in [3.05, 3.63) is 78.0 Å². The molecule has 29 heteroatoms. The number of primary amides is 2. The first-order chi connectivity index (χ1) is 42.2. The van der Waals surface area contributed by atoms with Gasteiger partial charge in [0, 0.05) is 70.0 Å². The van der Waals surface area contributed by atoms with Crippen LogP contribution >= 0.6 is 0 Å². The summed E-state index contributed by atoms with van der Waals surface area (Å²) in [4.78, 5) is 150. The molecule has 0 unspecified atom stereocenters. The first kappa shape index (κ1) is 72.2. The number of aromatic hydroxyl groups is 1. The molecule has 1 heterocycles. The predicted molar refractivity (Wildman–Crippen MR) is 329 cm³/mol. The summed E-state index contributed by atoms with van der Waals surface area (Å²) in [5, 5.41) is 67.3. The average Bonchev–Trinajstić information content (AvgIpc) is 2.56. The van der Waals surface area contributed by atoms with Gasteiger partial charge in [-0.2, -0.15) is 0 Å². The van der Waals surface area contributed by atoms with Crippen LogP contribution in [0, 0.1) is 23.2 Å². The van der Waals surface area contributed by atoms with Gasteiger partial charge in [0.15, 0.2) is 5.96 Å². The molecule has 4 rings (SSSR count). The number of phenols is 1. The largest absolute Gasteiger partial charge is 0.508 e. The zero-order valence-corrected chi connectivity index (χ0v) is 51.0. The Morgan fingerprint density at radius 1 is 0.685 bits per heavy atom. The van der Waals surface area contributed by atoms with Crippen LogP contribution in [0.3, 0.4) is 0 Å². The summed E-state index contributed by atoms with van der Waals surface area (Å²) in [6.45, 7) is 5.56. The summed E-state index contributed by atoms with van der Waals surface area (Å²) in [5.74, 6) is -9.67. The Morgan fingerprint density at radius 2 is 1.29 bits per heavy atom. The van der Waals surface area contributed by atoms with Gasteiger partial charge in [-0.05, 0) is 80.2 Å². The maximum atomic E-state index is 14.2. The number of aromatic nitrogens is 1. The standard InChI is InChI=1S/C60H89N15O14/c1-33(2)27-38(52(82)70-43(18-12-26-66-59(62)64-5)54(84)72-45(51(61)81)30-39-31-67-42-17-10-9-16-41(39)42)15-11-25-65-53(83)46(28-36-13-7-6-8-14-36)73-58(88)50(34(3)76)75-57(87)48(32-68-60(63)89)74-55(85)44(23-24-49(79)80)71-56(86)47(69-35(4)77)29-37-19-21-40(78)22-20-37/h9-11,15-17,19-22,31,33-34,36,38,43-48,50,67,76,78H,6-8,12-14,18,23-30,32H2,1-5H3,(H2,61,81)(H,65,83)(H,69,77)(H,70,82)(H,71,86)(H,72,84)(H,73,88)(H,74,85)(H,75,87)(H,79,80)(H3,62,64,66)(H3,63,68,89)/b15-11+/t34-,38+,43+,44+,45+,46+,47-,48+,50+/m1/s1. The highest BCUT2D eigenvalue weighted by molar-refractivity contribution is 5.97. The second-order valence-corrected chi connectivity index (χ2v) is 22.6. The fraction of sp³-hybridized carbons (Fsp3) is 0.533. The highest BCUT2D eigenvalue weighted by atomic mass is 16.4. The van der Waals surface area contributed by atoms with E-state index in [2.05, 4.69) is 63.5 Å². The van der Waals surface area contributed by atoms with Gasteiger partial charge < -0.3 is 90.3 Å². The van der Waals surface area contributed by atoms with Crippen molar-refractivity contribution in [1.82, 2.24) is 63.5 Å². The minimum atomic E-state index is -1.79. The van der Waals surface area contributed by atoms with E-state index in [1.54, 1.807) is 25.4 Å². The number of aliphatic hydroxyl groups excluding tert-OH is 1. The summed E-state index contributed by atoms with van der Waals surface area (Å²) in [7, 11) is 1.57. The Labute approximate surface area is 516 Å². The van der Waals surface area contributed by atoms with Gasteiger partial charge in [0.2, 0.25) is 53.2 Å². The van der Waals surface area contributed by atoms with E-state index in [0.717, 1.165) is 55.5 Å². The van der Waals surface area contributed by atoms with E-state index in [4.69, 9.17) is 16.9 Å². The maximum Gasteiger partial charge on any atom is 0.312 e. The minimum Gasteiger partial charge on any atom is -0.508 e. The number of carbonyl (C=O) groups is 11. The molecule has 9 atom stereocenters. The van der Waals surface area contributed by atoms with Crippen LogP contribution < -0.4 is 70.0 Å². The van der Waals surface area contributed by atoms with Crippen LogP contribution in [-0.4, -0.2) is 167 Å². The highest BCUT2D eigenvalue weighted by Crippen LogP contribution is 2.28. The van der Waals surface area contributed by atoms with Crippen molar-refractivity contribution in [1.29, 1.82) is 5.41 Å². The van der Waals surface area contributed by atoms with Gasteiger partial charge in [0.25, 0.3) is 0 Å². The van der Waals surface area contributed by atoms with Crippen LogP contribution in [0.5, 0.6) is 5.75 Å². The van der Waals surface area contributed by atoms with Crippen molar-refractivity contribution in [2.75, 3.05) is 26.7 Å². The fourth-order valence-corrected chi connectivity index (χ4v) is 10.2. The number of rotatable bonds is 36. The van der Waals surface area contributed by atoms with Gasteiger partial charge in [-0.3, -0.25) is 53.4 Å². The number of urea groups is 1. The molecule has 0 aliphatic heterocycles. The Balaban J connectivity index is 1.51. The molecule has 3 aromatic rings. The van der Waals surface area contributed by atoms with E-state index >= 15 is 0 Å². The molecule has 0 spiro atoms. The van der Waals surface area contributed by atoms with Crippen LogP contribution in [0.2, 0.25) is 0 Å². The SMILES string of the molecule is CNC(=N)NCCC[C@H](NC(=O)[C@@H](/C=C/CNC(=O)[C@H](CC1CCCCC1)NC(=O)[C@@H](NC(=O)[C@H](CNC(N)=O)NC(=O)[C@H](CCC(=O)O)NC(=O)[C@@H](Cc1ccc(O)cc1)NC(C)=O)[C@@H](C)O)CC(C)C)C(=O)N[C@@H](Cc1c[nH]c2ccccc12)C(N)=O. The van der Waals surface area contributed by atoms with Crippen LogP contribution in [-0.2, 0) is 60.8 Å². The van der Waals surface area contributed by atoms with Crippen molar-refractivity contribution >= 4 is 82.0 Å². The van der Waals surface area contributed by atoms with Crippen molar-refractivity contribution in [2.24, 2.45) is 29.2 Å². The smallest absolute Gasteiger partial charge is 0.312 e. The van der Waals surface area contributed by atoms with Crippen molar-refractivity contribution < 1.29 is 68.1 Å². The number of phenolic OH excluding ortho intramolecular Hbond substituents is 1. The maximum absolute atomic E-state index is 14.2. The first-order valence-corrected chi connectivity index (χ1v) is 29.8. The first-order valence-electron chi connectivity index (χ1n) is 29.8. The number of carboxylic acid groups (broad SMARTS) is 1. The predicted octanol–water partition coefficient (Wildman–Crippen LogP) is -0.700. The monoisotopic (exact) mass is 1240 g/mol. The number of nitrogens with two attached hydrogens (primary N) is 2. The highest BCUT2D eigenvalue weighted by Gasteiger charge is 2.36. The quantitative estimate of drug-likeness (QED) is 0.0148. The van der Waals surface area contributed by atoms with Crippen LogP contribution in [0.25, 0.3) is 10.9 Å². The van der Waals surface area contributed by atoms with Crippen LogP contribution in [0.4, 0.5) is 4.79 Å². The number of carboxylic acids is 1. The molecule has 0 bridgehead atoms. The normalized spacial score (nSPS) is 15.4. The van der Waals surface area contributed by atoms with Crippen molar-refractivity contribution in [3.8, 4) is 5.75 Å². The molecular weight excluding hydrogens is 1150 g/mol. The summed E-state index contributed by atoms with van der Waals surface area (Å²) in [5.41, 5.74) is 13.2. The Hall–Kier alpha value is -9.28. The number of benzene rings is 2. The lowest BCUT2D eigenvalue weighted by atomic mass is 9.84. The molecule has 1 aliphatic rings. The van der Waals surface area contributed by atoms with Gasteiger partial charge in [-0.1, -0.05) is 88.4 Å². The third-order valence-electron chi connectivity index (χ3n) is 14.9. The third-order valence-corrected chi connectivity index (χ3v) is 14.9. The third kappa shape index (κ3) is 25.5. The number of hydrogen-bond donors (Lipinski definition) is 18. The van der Waals surface area contributed by atoms with E-state index in [0.29, 0.717) is 18.4 Å². The Morgan fingerprint density at radius 3 is 1.91 bits per heavy atom. The lowest BCUT2D eigenvalue weighted by Crippen LogP contribution is -2.63. The van der Waals surface area contributed by atoms with Crippen LogP contribution in [0.1, 0.15) is 109 Å². The molecule has 0 saturated heterocycles. The van der Waals surface area contributed by atoms with Gasteiger partial charge in [0.1, 0.15) is 48.0 Å². The molecule has 488 valence electrons. The van der Waals surface area contributed by atoms with Gasteiger partial charge >= 0.3 is 12.0 Å². The number of H-pyrrole nitrogens is 1. The molecule has 11 amide bonds. The molecule has 1 aliphatic carbocycles. The second kappa shape index (κ2) is 36.8. The lowest BCUT2D eigenvalue weighted by Gasteiger charge is -2.30. The van der Waals surface area contributed by atoms with E-state index in [1.165, 1.54) is 31.2 Å². The molecule has 1 fully saturated rings. The number of aliphatic carboxylic acids is 1. The molecule has 2 aromatic carbocycles. The molecule has 1 aromatic heterocycles. The van der Waals surface area contributed by atoms with Crippen LogP contribution in [0.15, 0.2) is 66.9 Å². The number of amides is 11. The second-order valence-electron chi connectivity index (χ2n) is 22.6. The summed E-state index contributed by atoms with van der Waals surface area (Å²) < 4.78 is 0. The number of aliphatic hydroxyl groups is 1. The zero-order valence-electron chi connectivity index (χ0n) is 51.0. The van der Waals surface area contributed by atoms with E-state index in [9.17, 15) is 68.1 Å². The molecule has 1 saturated carbocycles. The van der Waals surface area contributed by atoms with Gasteiger partial charge in [-0.15, -0.1) is 0 Å². The number of hydrogen-bond acceptors (Lipinski definition) is 14. The van der Waals surface area contributed by atoms with E-state index in [1.807, 2.05) is 38.1 Å². The lowest BCUT2D eigenvalue weighted by molar-refractivity contribution is -0.138. The van der Waals surface area contributed by atoms with Crippen molar-refractivity contribution in [2.45, 2.75) is 160 Å². The average molecular weight is 1240 g/mol. The van der Waals surface area contributed by atoms with E-state index < -0.39 is 139 Å². The summed E-state index contributed by atoms with van der Waals surface area (Å²) in [6.07, 6.45) is 7.15. The molecular formula is C60H89N15O14. The topological polar surface area (TPSA) is 472 Å².